The van der Waals surface area contributed by atoms with Gasteiger partial charge >= 0.3 is 0 Å². The van der Waals surface area contributed by atoms with E-state index in [1.807, 2.05) is 0 Å². The molecule has 0 aromatic rings. The minimum Gasteiger partial charge on any atom is -0.378 e. The highest BCUT2D eigenvalue weighted by Crippen LogP contribution is 2.18. The molecule has 0 saturated carbocycles. The van der Waals surface area contributed by atoms with E-state index >= 15 is 0 Å². The second-order valence-corrected chi connectivity index (χ2v) is 3.55. The van der Waals surface area contributed by atoms with Gasteiger partial charge in [-0.1, -0.05) is 0 Å². The monoisotopic (exact) mass is 156 g/mol. The number of hydrogen-bond donors (Lipinski definition) is 1. The summed E-state index contributed by atoms with van der Waals surface area (Å²) in [6.07, 6.45) is 2.29. The van der Waals surface area contributed by atoms with Gasteiger partial charge in [-0.25, -0.2) is 0 Å². The molecule has 2 fully saturated rings. The highest BCUT2D eigenvalue weighted by atomic mass is 16.5. The maximum absolute atomic E-state index is 5.86. The number of fused-ring (bicyclic) bond motifs is 1. The Morgan fingerprint density at radius 2 is 2.27 bits per heavy atom. The van der Waals surface area contributed by atoms with Crippen molar-refractivity contribution < 1.29 is 4.74 Å². The zero-order chi connectivity index (χ0) is 7.68. The topological polar surface area (TPSA) is 38.5 Å². The van der Waals surface area contributed by atoms with Crippen LogP contribution in [0.25, 0.3) is 0 Å². The molecule has 2 saturated heterocycles. The number of ether oxygens (including phenoxy) is 1. The first-order valence-electron chi connectivity index (χ1n) is 4.43. The van der Waals surface area contributed by atoms with Crippen LogP contribution in [-0.4, -0.2) is 43.3 Å². The Balaban J connectivity index is 1.93. The first kappa shape index (κ1) is 7.53. The van der Waals surface area contributed by atoms with Crippen molar-refractivity contribution in [3.05, 3.63) is 0 Å². The Bertz CT molecular complexity index is 140. The summed E-state index contributed by atoms with van der Waals surface area (Å²) >= 11 is 0. The summed E-state index contributed by atoms with van der Waals surface area (Å²) in [5.74, 6) is 0. The molecular formula is C8H16N2O. The Labute approximate surface area is 67.5 Å². The van der Waals surface area contributed by atoms with Gasteiger partial charge in [0.15, 0.2) is 0 Å². The number of piperidine rings is 1. The van der Waals surface area contributed by atoms with Crippen LogP contribution in [0.5, 0.6) is 0 Å². The highest BCUT2D eigenvalue weighted by Gasteiger charge is 2.28. The number of nitrogens with two attached hydrogens (primary N) is 1. The molecule has 3 nitrogen and oxygen atoms in total. The molecule has 3 heteroatoms. The van der Waals surface area contributed by atoms with E-state index in [4.69, 9.17) is 10.5 Å². The van der Waals surface area contributed by atoms with E-state index in [1.54, 1.807) is 0 Å². The minimum atomic E-state index is 0.415. The average Bonchev–Trinajstić information content (AvgIpc) is 2.04. The fourth-order valence-electron chi connectivity index (χ4n) is 2.00. The molecular weight excluding hydrogens is 140 g/mol. The van der Waals surface area contributed by atoms with Gasteiger partial charge in [0.2, 0.25) is 0 Å². The maximum atomic E-state index is 5.86. The lowest BCUT2D eigenvalue weighted by Crippen LogP contribution is -2.52. The van der Waals surface area contributed by atoms with Crippen molar-refractivity contribution in [1.82, 2.24) is 4.90 Å². The van der Waals surface area contributed by atoms with E-state index in [0.717, 1.165) is 32.6 Å². The summed E-state index contributed by atoms with van der Waals surface area (Å²) in [7, 11) is 0. The predicted molar refractivity (Wildman–Crippen MR) is 43.4 cm³/mol. The second kappa shape index (κ2) is 3.09. The van der Waals surface area contributed by atoms with E-state index in [1.165, 1.54) is 6.54 Å². The Morgan fingerprint density at radius 3 is 3.18 bits per heavy atom. The average molecular weight is 156 g/mol. The summed E-state index contributed by atoms with van der Waals surface area (Å²) in [5, 5.41) is 0. The third-order valence-electron chi connectivity index (χ3n) is 2.71. The zero-order valence-electron chi connectivity index (χ0n) is 6.83. The number of hydrogen-bond acceptors (Lipinski definition) is 3. The van der Waals surface area contributed by atoms with Gasteiger partial charge < -0.3 is 10.5 Å². The van der Waals surface area contributed by atoms with E-state index < -0.39 is 0 Å². The van der Waals surface area contributed by atoms with E-state index in [0.29, 0.717) is 12.1 Å². The second-order valence-electron chi connectivity index (χ2n) is 3.55. The van der Waals surface area contributed by atoms with Gasteiger partial charge in [-0.3, -0.25) is 4.90 Å². The lowest BCUT2D eigenvalue weighted by molar-refractivity contribution is -0.0268. The van der Waals surface area contributed by atoms with Crippen molar-refractivity contribution in [2.75, 3.05) is 26.3 Å². The van der Waals surface area contributed by atoms with E-state index in [-0.39, 0.29) is 0 Å². The minimum absolute atomic E-state index is 0.415. The molecule has 2 heterocycles. The lowest BCUT2D eigenvalue weighted by atomic mass is 9.98. The van der Waals surface area contributed by atoms with Crippen LogP contribution >= 0.6 is 0 Å². The zero-order valence-corrected chi connectivity index (χ0v) is 6.83. The summed E-state index contributed by atoms with van der Waals surface area (Å²) < 4.78 is 5.39. The quantitative estimate of drug-likeness (QED) is 0.528. The molecule has 0 unspecified atom stereocenters. The van der Waals surface area contributed by atoms with Crippen LogP contribution < -0.4 is 5.73 Å². The molecule has 2 atom stereocenters. The van der Waals surface area contributed by atoms with Gasteiger partial charge in [0, 0.05) is 25.2 Å². The van der Waals surface area contributed by atoms with Crippen LogP contribution in [0.15, 0.2) is 0 Å². The molecule has 0 aromatic carbocycles. The number of nitrogens with zero attached hydrogens (tertiary/aromatic N) is 1. The summed E-state index contributed by atoms with van der Waals surface area (Å²) in [5.41, 5.74) is 5.86. The molecule has 0 bridgehead atoms. The van der Waals surface area contributed by atoms with Crippen molar-refractivity contribution in [2.24, 2.45) is 5.73 Å². The molecule has 2 aliphatic heterocycles. The third-order valence-corrected chi connectivity index (χ3v) is 2.71. The molecule has 2 N–H and O–H groups in total. The predicted octanol–water partition coefficient (Wildman–Crippen LogP) is -0.192. The Hall–Kier alpha value is -0.120. The van der Waals surface area contributed by atoms with Gasteiger partial charge in [-0.05, 0) is 12.8 Å². The standard InChI is InChI=1S/C8H16N2O/c9-7-1-2-10-3-4-11-6-8(10)5-7/h7-8H,1-6,9H2/t7-,8-/m0/s1. The molecule has 64 valence electrons. The fourth-order valence-corrected chi connectivity index (χ4v) is 2.00. The van der Waals surface area contributed by atoms with E-state index in [2.05, 4.69) is 4.90 Å². The lowest BCUT2D eigenvalue weighted by Gasteiger charge is -2.41. The van der Waals surface area contributed by atoms with Gasteiger partial charge in [0.1, 0.15) is 0 Å². The van der Waals surface area contributed by atoms with Gasteiger partial charge in [-0.15, -0.1) is 0 Å². The normalized spacial score (nSPS) is 40.1. The largest absolute Gasteiger partial charge is 0.378 e. The van der Waals surface area contributed by atoms with Crippen LogP contribution in [0.1, 0.15) is 12.8 Å². The first-order valence-corrected chi connectivity index (χ1v) is 4.43. The summed E-state index contributed by atoms with van der Waals surface area (Å²) in [6, 6.07) is 1.03. The number of morpholine rings is 1. The van der Waals surface area contributed by atoms with Crippen LogP contribution in [0.3, 0.4) is 0 Å². The fraction of sp³-hybridized carbons (Fsp3) is 1.00. The molecule has 0 radical (unpaired) electrons. The van der Waals surface area contributed by atoms with Crippen LogP contribution in [-0.2, 0) is 4.74 Å². The molecule has 0 aromatic heterocycles. The maximum Gasteiger partial charge on any atom is 0.0623 e. The Kier molecular flexibility index (Phi) is 2.11. The SMILES string of the molecule is N[C@H]1CCN2CCOC[C@@H]2C1. The van der Waals surface area contributed by atoms with Gasteiger partial charge in [0.05, 0.1) is 13.2 Å². The summed E-state index contributed by atoms with van der Waals surface area (Å²) in [4.78, 5) is 2.51. The molecule has 2 aliphatic rings. The van der Waals surface area contributed by atoms with Crippen molar-refractivity contribution in [1.29, 1.82) is 0 Å². The van der Waals surface area contributed by atoms with Crippen LogP contribution in [0, 0.1) is 0 Å². The third kappa shape index (κ3) is 1.55. The highest BCUT2D eigenvalue weighted by molar-refractivity contribution is 4.85. The van der Waals surface area contributed by atoms with Gasteiger partial charge in [0.25, 0.3) is 0 Å². The van der Waals surface area contributed by atoms with Crippen molar-refractivity contribution in [2.45, 2.75) is 24.9 Å². The molecule has 0 amide bonds. The van der Waals surface area contributed by atoms with Crippen molar-refractivity contribution >= 4 is 0 Å². The molecule has 0 aliphatic carbocycles. The smallest absolute Gasteiger partial charge is 0.0623 e. The first-order chi connectivity index (χ1) is 5.36. The Morgan fingerprint density at radius 1 is 1.36 bits per heavy atom. The van der Waals surface area contributed by atoms with E-state index in [9.17, 15) is 0 Å². The number of rotatable bonds is 0. The molecule has 2 rings (SSSR count). The molecule has 0 spiro atoms. The van der Waals surface area contributed by atoms with Crippen LogP contribution in [0.4, 0.5) is 0 Å². The van der Waals surface area contributed by atoms with Crippen molar-refractivity contribution in [3.63, 3.8) is 0 Å². The molecule has 11 heavy (non-hydrogen) atoms. The van der Waals surface area contributed by atoms with Crippen LogP contribution in [0.2, 0.25) is 0 Å². The van der Waals surface area contributed by atoms with Gasteiger partial charge in [-0.2, -0.15) is 0 Å². The summed E-state index contributed by atoms with van der Waals surface area (Å²) in [6.45, 7) is 4.09. The van der Waals surface area contributed by atoms with Crippen molar-refractivity contribution in [3.8, 4) is 0 Å².